The molecule has 4 heteroatoms. The van der Waals surface area contributed by atoms with E-state index in [-0.39, 0.29) is 0 Å². The second-order valence-electron chi connectivity index (χ2n) is 4.23. The second kappa shape index (κ2) is 4.03. The standard InChI is InChI=1S/C14H12ClN3/c1-9-11-4-2-3-5-13(11)18(17-9)14-7-6-10(16)8-12(14)15/h2-8H,16H2,1H3. The summed E-state index contributed by atoms with van der Waals surface area (Å²) >= 11 is 6.23. The second-order valence-corrected chi connectivity index (χ2v) is 4.63. The molecule has 0 atom stereocenters. The molecule has 0 aliphatic heterocycles. The fourth-order valence-electron chi connectivity index (χ4n) is 2.10. The Hall–Kier alpha value is -2.00. The van der Waals surface area contributed by atoms with E-state index < -0.39 is 0 Å². The number of hydrogen-bond acceptors (Lipinski definition) is 2. The van der Waals surface area contributed by atoms with E-state index in [2.05, 4.69) is 11.2 Å². The molecule has 3 aromatic rings. The summed E-state index contributed by atoms with van der Waals surface area (Å²) in [6.45, 7) is 1.99. The molecule has 2 N–H and O–H groups in total. The molecule has 0 saturated heterocycles. The van der Waals surface area contributed by atoms with Crippen LogP contribution in [0.15, 0.2) is 42.5 Å². The number of nitrogen functional groups attached to an aromatic ring is 1. The van der Waals surface area contributed by atoms with Crippen LogP contribution >= 0.6 is 11.6 Å². The zero-order valence-corrected chi connectivity index (χ0v) is 10.6. The number of aromatic nitrogens is 2. The Bertz CT molecular complexity index is 731. The molecule has 3 nitrogen and oxygen atoms in total. The molecule has 0 saturated carbocycles. The smallest absolute Gasteiger partial charge is 0.0840 e. The first-order chi connectivity index (χ1) is 8.66. The van der Waals surface area contributed by atoms with Gasteiger partial charge in [-0.25, -0.2) is 4.68 Å². The fourth-order valence-corrected chi connectivity index (χ4v) is 2.37. The van der Waals surface area contributed by atoms with E-state index in [9.17, 15) is 0 Å². The Balaban J connectivity index is 2.32. The van der Waals surface area contributed by atoms with E-state index in [4.69, 9.17) is 17.3 Å². The van der Waals surface area contributed by atoms with Crippen molar-refractivity contribution in [2.75, 3.05) is 5.73 Å². The average molecular weight is 258 g/mol. The normalized spacial score (nSPS) is 11.0. The van der Waals surface area contributed by atoms with E-state index in [0.717, 1.165) is 22.3 Å². The number of para-hydroxylation sites is 1. The molecule has 0 spiro atoms. The predicted molar refractivity (Wildman–Crippen MR) is 75.2 cm³/mol. The van der Waals surface area contributed by atoms with Crippen molar-refractivity contribution in [3.8, 4) is 5.69 Å². The third-order valence-corrected chi connectivity index (χ3v) is 3.27. The van der Waals surface area contributed by atoms with Gasteiger partial charge in [-0.2, -0.15) is 5.10 Å². The van der Waals surface area contributed by atoms with Crippen LogP contribution in [0.5, 0.6) is 0 Å². The van der Waals surface area contributed by atoms with Crippen LogP contribution in [-0.4, -0.2) is 9.78 Å². The van der Waals surface area contributed by atoms with E-state index >= 15 is 0 Å². The molecular weight excluding hydrogens is 246 g/mol. The largest absolute Gasteiger partial charge is 0.399 e. The third-order valence-electron chi connectivity index (χ3n) is 2.97. The number of fused-ring (bicyclic) bond motifs is 1. The van der Waals surface area contributed by atoms with Crippen LogP contribution in [-0.2, 0) is 0 Å². The number of halogens is 1. The van der Waals surface area contributed by atoms with Gasteiger partial charge in [0.25, 0.3) is 0 Å². The number of benzene rings is 2. The van der Waals surface area contributed by atoms with Crippen molar-refractivity contribution < 1.29 is 0 Å². The molecule has 0 fully saturated rings. The maximum Gasteiger partial charge on any atom is 0.0840 e. The van der Waals surface area contributed by atoms with Crippen molar-refractivity contribution in [2.24, 2.45) is 0 Å². The summed E-state index contributed by atoms with van der Waals surface area (Å²) < 4.78 is 1.85. The molecule has 18 heavy (non-hydrogen) atoms. The highest BCUT2D eigenvalue weighted by Crippen LogP contribution is 2.27. The number of aryl methyl sites for hydroxylation is 1. The molecule has 90 valence electrons. The molecule has 1 heterocycles. The van der Waals surface area contributed by atoms with Gasteiger partial charge in [-0.3, -0.25) is 0 Å². The van der Waals surface area contributed by atoms with Gasteiger partial charge in [0.05, 0.1) is 21.9 Å². The quantitative estimate of drug-likeness (QED) is 0.678. The number of anilines is 1. The van der Waals surface area contributed by atoms with Gasteiger partial charge in [0.2, 0.25) is 0 Å². The van der Waals surface area contributed by atoms with Gasteiger partial charge in [-0.15, -0.1) is 0 Å². The van der Waals surface area contributed by atoms with Gasteiger partial charge in [0.1, 0.15) is 0 Å². The summed E-state index contributed by atoms with van der Waals surface area (Å²) in [5.41, 5.74) is 9.23. The Morgan fingerprint density at radius 3 is 2.72 bits per heavy atom. The van der Waals surface area contributed by atoms with Crippen molar-refractivity contribution in [3.05, 3.63) is 53.2 Å². The van der Waals surface area contributed by atoms with E-state index in [0.29, 0.717) is 10.7 Å². The van der Waals surface area contributed by atoms with Crippen molar-refractivity contribution >= 4 is 28.2 Å². The van der Waals surface area contributed by atoms with Gasteiger partial charge in [-0.05, 0) is 31.2 Å². The number of nitrogens with zero attached hydrogens (tertiary/aromatic N) is 2. The topological polar surface area (TPSA) is 43.8 Å². The molecule has 0 amide bonds. The lowest BCUT2D eigenvalue weighted by molar-refractivity contribution is 0.889. The summed E-state index contributed by atoms with van der Waals surface area (Å²) in [7, 11) is 0. The Morgan fingerprint density at radius 2 is 1.94 bits per heavy atom. The molecule has 2 aromatic carbocycles. The lowest BCUT2D eigenvalue weighted by Gasteiger charge is -2.06. The van der Waals surface area contributed by atoms with Crippen LogP contribution < -0.4 is 5.73 Å². The molecule has 0 unspecified atom stereocenters. The Labute approximate surface area is 110 Å². The summed E-state index contributed by atoms with van der Waals surface area (Å²) in [6.07, 6.45) is 0. The summed E-state index contributed by atoms with van der Waals surface area (Å²) in [5.74, 6) is 0. The number of rotatable bonds is 1. The maximum atomic E-state index is 6.23. The maximum absolute atomic E-state index is 6.23. The number of nitrogens with two attached hydrogens (primary N) is 1. The Morgan fingerprint density at radius 1 is 1.17 bits per heavy atom. The predicted octanol–water partition coefficient (Wildman–Crippen LogP) is 3.57. The minimum absolute atomic E-state index is 0.600. The minimum atomic E-state index is 0.600. The first-order valence-electron chi connectivity index (χ1n) is 5.66. The van der Waals surface area contributed by atoms with Crippen molar-refractivity contribution in [1.29, 1.82) is 0 Å². The first-order valence-corrected chi connectivity index (χ1v) is 6.04. The van der Waals surface area contributed by atoms with Crippen molar-refractivity contribution in [2.45, 2.75) is 6.92 Å². The van der Waals surface area contributed by atoms with Gasteiger partial charge in [0, 0.05) is 11.1 Å². The molecule has 0 aliphatic carbocycles. The minimum Gasteiger partial charge on any atom is -0.399 e. The lowest BCUT2D eigenvalue weighted by Crippen LogP contribution is -1.98. The zero-order chi connectivity index (χ0) is 12.7. The van der Waals surface area contributed by atoms with Crippen molar-refractivity contribution in [1.82, 2.24) is 9.78 Å². The third kappa shape index (κ3) is 1.64. The highest BCUT2D eigenvalue weighted by Gasteiger charge is 2.10. The lowest BCUT2D eigenvalue weighted by atomic mass is 10.2. The summed E-state index contributed by atoms with van der Waals surface area (Å²) in [6, 6.07) is 13.5. The highest BCUT2D eigenvalue weighted by atomic mass is 35.5. The molecule has 0 bridgehead atoms. The monoisotopic (exact) mass is 257 g/mol. The van der Waals surface area contributed by atoms with Gasteiger partial charge >= 0.3 is 0 Å². The van der Waals surface area contributed by atoms with Crippen LogP contribution in [0, 0.1) is 6.92 Å². The molecule has 3 rings (SSSR count). The fraction of sp³-hybridized carbons (Fsp3) is 0.0714. The highest BCUT2D eigenvalue weighted by molar-refractivity contribution is 6.32. The average Bonchev–Trinajstić information content (AvgIpc) is 2.68. The molecule has 0 radical (unpaired) electrons. The van der Waals surface area contributed by atoms with E-state index in [1.54, 1.807) is 6.07 Å². The van der Waals surface area contributed by atoms with Crippen LogP contribution in [0.2, 0.25) is 5.02 Å². The number of hydrogen-bond donors (Lipinski definition) is 1. The van der Waals surface area contributed by atoms with Crippen LogP contribution in [0.3, 0.4) is 0 Å². The van der Waals surface area contributed by atoms with Crippen LogP contribution in [0.1, 0.15) is 5.69 Å². The Kier molecular flexibility index (Phi) is 2.49. The molecular formula is C14H12ClN3. The van der Waals surface area contributed by atoms with E-state index in [1.807, 2.05) is 41.9 Å². The molecule has 1 aromatic heterocycles. The van der Waals surface area contributed by atoms with Gasteiger partial charge in [-0.1, -0.05) is 29.8 Å². The van der Waals surface area contributed by atoms with Crippen LogP contribution in [0.25, 0.3) is 16.6 Å². The zero-order valence-electron chi connectivity index (χ0n) is 9.89. The summed E-state index contributed by atoms with van der Waals surface area (Å²) in [5, 5.41) is 6.27. The molecule has 0 aliphatic rings. The van der Waals surface area contributed by atoms with Crippen molar-refractivity contribution in [3.63, 3.8) is 0 Å². The first kappa shape index (κ1) is 11.1. The van der Waals surface area contributed by atoms with Gasteiger partial charge in [0.15, 0.2) is 0 Å². The SMILES string of the molecule is Cc1nn(-c2ccc(N)cc2Cl)c2ccccc12. The van der Waals surface area contributed by atoms with Crippen LogP contribution in [0.4, 0.5) is 5.69 Å². The van der Waals surface area contributed by atoms with Gasteiger partial charge < -0.3 is 5.73 Å². The summed E-state index contributed by atoms with van der Waals surface area (Å²) in [4.78, 5) is 0. The van der Waals surface area contributed by atoms with E-state index in [1.165, 1.54) is 0 Å².